The fraction of sp³-hybridized carbons (Fsp3) is 0.267. The number of ether oxygens (including phenoxy) is 1. The van der Waals surface area contributed by atoms with E-state index in [1.165, 1.54) is 12.1 Å². The number of benzene rings is 1. The topological polar surface area (TPSA) is 59.0 Å². The van der Waals surface area contributed by atoms with Gasteiger partial charge in [-0.15, -0.1) is 0 Å². The zero-order valence-electron chi connectivity index (χ0n) is 12.3. The Kier molecular flexibility index (Phi) is 4.53. The third kappa shape index (κ3) is 3.10. The standard InChI is InChI=1S/C15H13F3N2O3/c1-3-10-11(12(14(22)23-2)15(16,17)18)13(21)20(19-10)9-7-5-4-6-8-9/h4-8H,3H2,1-2H3. The smallest absolute Gasteiger partial charge is 0.424 e. The van der Waals surface area contributed by atoms with Gasteiger partial charge in [-0.2, -0.15) is 23.3 Å². The molecule has 1 amide bonds. The Balaban J connectivity index is 2.62. The number of carbonyl (C=O) groups is 2. The van der Waals surface area contributed by atoms with Gasteiger partial charge in [-0.25, -0.2) is 4.79 Å². The number of hydrazone groups is 1. The molecule has 1 heterocycles. The molecule has 1 aliphatic rings. The molecular weight excluding hydrogens is 313 g/mol. The van der Waals surface area contributed by atoms with E-state index in [1.807, 2.05) is 0 Å². The van der Waals surface area contributed by atoms with Gasteiger partial charge in [-0.1, -0.05) is 25.1 Å². The van der Waals surface area contributed by atoms with Crippen LogP contribution in [-0.4, -0.2) is 30.9 Å². The lowest BCUT2D eigenvalue weighted by atomic mass is 10.0. The van der Waals surface area contributed by atoms with Gasteiger partial charge >= 0.3 is 12.1 Å². The molecule has 1 aromatic carbocycles. The van der Waals surface area contributed by atoms with Crippen LogP contribution in [0.3, 0.4) is 0 Å². The molecule has 23 heavy (non-hydrogen) atoms. The minimum Gasteiger partial charge on any atom is -0.465 e. The number of methoxy groups -OCH3 is 1. The first-order valence-corrected chi connectivity index (χ1v) is 6.68. The van der Waals surface area contributed by atoms with Crippen LogP contribution < -0.4 is 5.01 Å². The molecule has 0 radical (unpaired) electrons. The van der Waals surface area contributed by atoms with Crippen LogP contribution in [0.15, 0.2) is 46.6 Å². The number of nitrogens with zero attached hydrogens (tertiary/aromatic N) is 2. The summed E-state index contributed by atoms with van der Waals surface area (Å²) >= 11 is 0. The highest BCUT2D eigenvalue weighted by atomic mass is 19.4. The highest BCUT2D eigenvalue weighted by molar-refractivity contribution is 6.33. The second-order valence-electron chi connectivity index (χ2n) is 4.59. The first-order valence-electron chi connectivity index (χ1n) is 6.68. The molecule has 8 heteroatoms. The highest BCUT2D eigenvalue weighted by Crippen LogP contribution is 2.34. The fourth-order valence-electron chi connectivity index (χ4n) is 2.15. The number of halogens is 3. The number of amides is 1. The van der Waals surface area contributed by atoms with Crippen LogP contribution in [0.5, 0.6) is 0 Å². The Bertz CT molecular complexity index is 694. The minimum absolute atomic E-state index is 0.0565. The van der Waals surface area contributed by atoms with E-state index in [0.29, 0.717) is 5.69 Å². The van der Waals surface area contributed by atoms with Crippen molar-refractivity contribution < 1.29 is 27.5 Å². The normalized spacial score (nSPS) is 17.2. The molecule has 0 N–H and O–H groups in total. The molecule has 0 saturated heterocycles. The molecule has 0 bridgehead atoms. The Morgan fingerprint density at radius 1 is 1.26 bits per heavy atom. The van der Waals surface area contributed by atoms with Gasteiger partial charge in [0.05, 0.1) is 24.1 Å². The number of carbonyl (C=O) groups excluding carboxylic acids is 2. The van der Waals surface area contributed by atoms with Gasteiger partial charge in [0.1, 0.15) is 0 Å². The maximum absolute atomic E-state index is 13.2. The number of para-hydroxylation sites is 1. The predicted octanol–water partition coefficient (Wildman–Crippen LogP) is 2.83. The molecule has 2 rings (SSSR count). The molecule has 0 unspecified atom stereocenters. The average molecular weight is 326 g/mol. The molecule has 0 saturated carbocycles. The van der Waals surface area contributed by atoms with Gasteiger partial charge in [-0.05, 0) is 18.6 Å². The Morgan fingerprint density at radius 2 is 1.87 bits per heavy atom. The summed E-state index contributed by atoms with van der Waals surface area (Å²) in [5.41, 5.74) is -2.21. The van der Waals surface area contributed by atoms with Gasteiger partial charge in [-0.3, -0.25) is 4.79 Å². The van der Waals surface area contributed by atoms with Crippen LogP contribution in [0.1, 0.15) is 13.3 Å². The summed E-state index contributed by atoms with van der Waals surface area (Å²) in [6, 6.07) is 8.00. The zero-order valence-corrected chi connectivity index (χ0v) is 12.3. The molecular formula is C15H13F3N2O3. The van der Waals surface area contributed by atoms with Crippen LogP contribution in [0.2, 0.25) is 0 Å². The molecule has 0 aliphatic carbocycles. The summed E-state index contributed by atoms with van der Waals surface area (Å²) in [5.74, 6) is -2.62. The summed E-state index contributed by atoms with van der Waals surface area (Å²) < 4.78 is 43.9. The second kappa shape index (κ2) is 6.23. The van der Waals surface area contributed by atoms with Gasteiger partial charge in [0.2, 0.25) is 0 Å². The van der Waals surface area contributed by atoms with E-state index in [0.717, 1.165) is 12.1 Å². The first-order chi connectivity index (χ1) is 10.8. The number of alkyl halides is 3. The predicted molar refractivity (Wildman–Crippen MR) is 76.8 cm³/mol. The maximum atomic E-state index is 13.2. The summed E-state index contributed by atoms with van der Waals surface area (Å²) in [6.45, 7) is 1.55. The Labute approximate surface area is 130 Å². The number of hydrogen-bond acceptors (Lipinski definition) is 4. The van der Waals surface area contributed by atoms with Crippen molar-refractivity contribution >= 4 is 23.3 Å². The van der Waals surface area contributed by atoms with Crippen LogP contribution >= 0.6 is 0 Å². The van der Waals surface area contributed by atoms with Crippen molar-refractivity contribution in [2.75, 3.05) is 12.1 Å². The van der Waals surface area contributed by atoms with E-state index in [9.17, 15) is 22.8 Å². The number of hydrogen-bond donors (Lipinski definition) is 0. The van der Waals surface area contributed by atoms with Crippen molar-refractivity contribution in [1.29, 1.82) is 0 Å². The molecule has 0 spiro atoms. The lowest BCUT2D eigenvalue weighted by Gasteiger charge is -2.14. The third-order valence-corrected chi connectivity index (χ3v) is 3.17. The van der Waals surface area contributed by atoms with Crippen molar-refractivity contribution in [2.24, 2.45) is 5.10 Å². The SMILES string of the molecule is CCC1=NN(c2ccccc2)C(=O)C1=C(C(=O)OC)C(F)(F)F. The number of anilines is 1. The molecule has 1 aromatic rings. The molecule has 5 nitrogen and oxygen atoms in total. The van der Waals surface area contributed by atoms with E-state index in [-0.39, 0.29) is 12.1 Å². The zero-order chi connectivity index (χ0) is 17.2. The van der Waals surface area contributed by atoms with Crippen molar-refractivity contribution in [1.82, 2.24) is 0 Å². The van der Waals surface area contributed by atoms with Crippen LogP contribution in [0, 0.1) is 0 Å². The highest BCUT2D eigenvalue weighted by Gasteiger charge is 2.47. The quantitative estimate of drug-likeness (QED) is 0.634. The van der Waals surface area contributed by atoms with Gasteiger partial charge in [0, 0.05) is 0 Å². The second-order valence-corrected chi connectivity index (χ2v) is 4.59. The third-order valence-electron chi connectivity index (χ3n) is 3.17. The number of esters is 1. The van der Waals surface area contributed by atoms with E-state index >= 15 is 0 Å². The molecule has 122 valence electrons. The fourth-order valence-corrected chi connectivity index (χ4v) is 2.15. The van der Waals surface area contributed by atoms with Crippen molar-refractivity contribution in [3.63, 3.8) is 0 Å². The average Bonchev–Trinajstić information content (AvgIpc) is 2.84. The summed E-state index contributed by atoms with van der Waals surface area (Å²) in [7, 11) is 0.825. The van der Waals surface area contributed by atoms with Crippen LogP contribution in [-0.2, 0) is 14.3 Å². The lowest BCUT2D eigenvalue weighted by Crippen LogP contribution is -2.30. The molecule has 0 atom stereocenters. The van der Waals surface area contributed by atoms with Gasteiger partial charge < -0.3 is 4.74 Å². The summed E-state index contributed by atoms with van der Waals surface area (Å²) in [4.78, 5) is 24.0. The summed E-state index contributed by atoms with van der Waals surface area (Å²) in [5, 5.41) is 4.78. The summed E-state index contributed by atoms with van der Waals surface area (Å²) in [6.07, 6.45) is -4.97. The van der Waals surface area contributed by atoms with E-state index < -0.39 is 29.2 Å². The van der Waals surface area contributed by atoms with E-state index in [1.54, 1.807) is 25.1 Å². The Hall–Kier alpha value is -2.64. The van der Waals surface area contributed by atoms with E-state index in [4.69, 9.17) is 0 Å². The molecule has 0 fully saturated rings. The lowest BCUT2D eigenvalue weighted by molar-refractivity contribution is -0.148. The minimum atomic E-state index is -5.03. The number of rotatable bonds is 3. The van der Waals surface area contributed by atoms with Gasteiger partial charge in [0.25, 0.3) is 5.91 Å². The Morgan fingerprint density at radius 3 is 2.35 bits per heavy atom. The van der Waals surface area contributed by atoms with Crippen molar-refractivity contribution in [3.05, 3.63) is 41.5 Å². The molecule has 1 aliphatic heterocycles. The van der Waals surface area contributed by atoms with E-state index in [2.05, 4.69) is 9.84 Å². The van der Waals surface area contributed by atoms with Crippen LogP contribution in [0.4, 0.5) is 18.9 Å². The van der Waals surface area contributed by atoms with Crippen molar-refractivity contribution in [2.45, 2.75) is 19.5 Å². The van der Waals surface area contributed by atoms with Crippen molar-refractivity contribution in [3.8, 4) is 0 Å². The van der Waals surface area contributed by atoms with Crippen LogP contribution in [0.25, 0.3) is 0 Å². The maximum Gasteiger partial charge on any atom is 0.424 e. The largest absolute Gasteiger partial charge is 0.465 e. The first kappa shape index (κ1) is 16.7. The molecule has 0 aromatic heterocycles. The van der Waals surface area contributed by atoms with Gasteiger partial charge in [0.15, 0.2) is 5.57 Å². The monoisotopic (exact) mass is 326 g/mol.